The van der Waals surface area contributed by atoms with Gasteiger partial charge in [0, 0.05) is 61.8 Å². The molecule has 1 aliphatic rings. The first-order valence-electron chi connectivity index (χ1n) is 10.6. The van der Waals surface area contributed by atoms with Gasteiger partial charge in [0.25, 0.3) is 0 Å². The number of piperidine rings is 1. The number of rotatable bonds is 7. The molecule has 2 rings (SSSR count). The molecule has 1 aromatic heterocycles. The molecular weight excluding hydrogens is 423 g/mol. The molecule has 0 aromatic carbocycles. The van der Waals surface area contributed by atoms with Crippen molar-refractivity contribution in [2.75, 3.05) is 26.2 Å². The molecule has 0 unspecified atom stereocenters. The van der Waals surface area contributed by atoms with E-state index in [1.54, 1.807) is 4.90 Å². The highest BCUT2D eigenvalue weighted by Gasteiger charge is 2.38. The molecular formula is C22H34F3N5O2. The highest BCUT2D eigenvalue weighted by Crippen LogP contribution is 2.36. The van der Waals surface area contributed by atoms with E-state index in [0.717, 1.165) is 23.2 Å². The standard InChI is InChI=1S/C22H34F3N5O2/c1-15(17-14-29(7)28-18(17)22(23,24)25)26-10-11-27-16(2)21(6)8-12-30(13-9-21)19(31)32-20(3,4)5/h14,26-27H,1-2,8-13H2,3-7H3. The van der Waals surface area contributed by atoms with Crippen LogP contribution in [0.25, 0.3) is 5.70 Å². The Kier molecular flexibility index (Phi) is 7.57. The average molecular weight is 458 g/mol. The number of halogens is 3. The summed E-state index contributed by atoms with van der Waals surface area (Å²) in [7, 11) is 1.44. The predicted molar refractivity (Wildman–Crippen MR) is 118 cm³/mol. The maximum atomic E-state index is 13.1. The van der Waals surface area contributed by atoms with Crippen LogP contribution in [0.15, 0.2) is 25.1 Å². The number of allylic oxidation sites excluding steroid dienone is 1. The molecule has 7 nitrogen and oxygen atoms in total. The highest BCUT2D eigenvalue weighted by atomic mass is 19.4. The number of carbonyl (C=O) groups excluding carboxylic acids is 1. The van der Waals surface area contributed by atoms with E-state index >= 15 is 0 Å². The monoisotopic (exact) mass is 457 g/mol. The maximum absolute atomic E-state index is 13.1. The van der Waals surface area contributed by atoms with E-state index < -0.39 is 17.5 Å². The lowest BCUT2D eigenvalue weighted by Crippen LogP contribution is -2.46. The first-order valence-corrected chi connectivity index (χ1v) is 10.6. The van der Waals surface area contributed by atoms with Crippen LogP contribution >= 0.6 is 0 Å². The predicted octanol–water partition coefficient (Wildman–Crippen LogP) is 4.14. The third kappa shape index (κ3) is 6.67. The molecule has 0 saturated carbocycles. The van der Waals surface area contributed by atoms with Crippen LogP contribution < -0.4 is 10.6 Å². The Bertz CT molecular complexity index is 847. The number of hydrogen-bond acceptors (Lipinski definition) is 5. The zero-order valence-corrected chi connectivity index (χ0v) is 19.5. The summed E-state index contributed by atoms with van der Waals surface area (Å²) in [5.74, 6) is 0. The van der Waals surface area contributed by atoms with Gasteiger partial charge in [-0.15, -0.1) is 0 Å². The van der Waals surface area contributed by atoms with Crippen molar-refractivity contribution in [1.29, 1.82) is 0 Å². The second-order valence-corrected chi connectivity index (χ2v) is 9.40. The van der Waals surface area contributed by atoms with Crippen LogP contribution in [0.3, 0.4) is 0 Å². The lowest BCUT2D eigenvalue weighted by Gasteiger charge is -2.41. The van der Waals surface area contributed by atoms with E-state index in [9.17, 15) is 18.0 Å². The third-order valence-corrected chi connectivity index (χ3v) is 5.47. The Morgan fingerprint density at radius 1 is 1.19 bits per heavy atom. The number of nitrogens with zero attached hydrogens (tertiary/aromatic N) is 3. The zero-order valence-electron chi connectivity index (χ0n) is 19.5. The first-order chi connectivity index (χ1) is 14.6. The quantitative estimate of drug-likeness (QED) is 0.603. The number of aromatic nitrogens is 2. The van der Waals surface area contributed by atoms with Crippen molar-refractivity contribution in [2.45, 2.75) is 52.3 Å². The fourth-order valence-corrected chi connectivity index (χ4v) is 3.47. The van der Waals surface area contributed by atoms with Gasteiger partial charge in [0.2, 0.25) is 0 Å². The van der Waals surface area contributed by atoms with Crippen LogP contribution in [-0.4, -0.2) is 52.6 Å². The third-order valence-electron chi connectivity index (χ3n) is 5.47. The summed E-state index contributed by atoms with van der Waals surface area (Å²) in [5.41, 5.74) is -0.751. The summed E-state index contributed by atoms with van der Waals surface area (Å²) in [6, 6.07) is 0. The lowest BCUT2D eigenvalue weighted by molar-refractivity contribution is -0.141. The van der Waals surface area contributed by atoms with Crippen LogP contribution in [0.1, 0.15) is 51.8 Å². The molecule has 1 aliphatic heterocycles. The van der Waals surface area contributed by atoms with Crippen molar-refractivity contribution in [2.24, 2.45) is 12.5 Å². The molecule has 10 heteroatoms. The van der Waals surface area contributed by atoms with Crippen molar-refractivity contribution in [3.63, 3.8) is 0 Å². The van der Waals surface area contributed by atoms with Gasteiger partial charge >= 0.3 is 12.3 Å². The molecule has 0 atom stereocenters. The van der Waals surface area contributed by atoms with Crippen molar-refractivity contribution in [3.8, 4) is 0 Å². The largest absolute Gasteiger partial charge is 0.444 e. The topological polar surface area (TPSA) is 71.4 Å². The van der Waals surface area contributed by atoms with Gasteiger partial charge in [-0.2, -0.15) is 18.3 Å². The minimum atomic E-state index is -4.55. The smallest absolute Gasteiger partial charge is 0.435 e. The minimum Gasteiger partial charge on any atom is -0.444 e. The number of ether oxygens (including phenoxy) is 1. The van der Waals surface area contributed by atoms with Crippen LogP contribution in [0, 0.1) is 5.41 Å². The Labute approximate surface area is 187 Å². The van der Waals surface area contributed by atoms with Crippen LogP contribution in [0.5, 0.6) is 0 Å². The number of hydrogen-bond donors (Lipinski definition) is 2. The van der Waals surface area contributed by atoms with E-state index in [2.05, 4.69) is 35.8 Å². The highest BCUT2D eigenvalue weighted by molar-refractivity contribution is 5.68. The summed E-state index contributed by atoms with van der Waals surface area (Å²) in [6.45, 7) is 17.4. The molecule has 0 bridgehead atoms. The van der Waals surface area contributed by atoms with E-state index in [0.29, 0.717) is 26.2 Å². The maximum Gasteiger partial charge on any atom is 0.435 e. The molecule has 0 spiro atoms. The van der Waals surface area contributed by atoms with E-state index in [-0.39, 0.29) is 22.8 Å². The fourth-order valence-electron chi connectivity index (χ4n) is 3.47. The van der Waals surface area contributed by atoms with E-state index in [1.807, 2.05) is 20.8 Å². The van der Waals surface area contributed by atoms with Gasteiger partial charge in [-0.1, -0.05) is 20.1 Å². The van der Waals surface area contributed by atoms with Crippen LogP contribution in [0.4, 0.5) is 18.0 Å². The van der Waals surface area contributed by atoms with Gasteiger partial charge < -0.3 is 20.3 Å². The van der Waals surface area contributed by atoms with Gasteiger partial charge in [-0.3, -0.25) is 4.68 Å². The van der Waals surface area contributed by atoms with Gasteiger partial charge in [-0.25, -0.2) is 4.79 Å². The Hall–Kier alpha value is -2.65. The average Bonchev–Trinajstić information content (AvgIpc) is 3.06. The molecule has 32 heavy (non-hydrogen) atoms. The van der Waals surface area contributed by atoms with Crippen LogP contribution in [-0.2, 0) is 18.0 Å². The Morgan fingerprint density at radius 3 is 2.28 bits per heavy atom. The molecule has 0 aliphatic carbocycles. The Morgan fingerprint density at radius 2 is 1.75 bits per heavy atom. The van der Waals surface area contributed by atoms with Gasteiger partial charge in [0.05, 0.1) is 0 Å². The molecule has 1 amide bonds. The molecule has 1 fully saturated rings. The lowest BCUT2D eigenvalue weighted by atomic mass is 9.78. The summed E-state index contributed by atoms with van der Waals surface area (Å²) in [5, 5.41) is 9.67. The normalized spacial score (nSPS) is 16.4. The molecule has 1 saturated heterocycles. The van der Waals surface area contributed by atoms with Crippen LogP contribution in [0.2, 0.25) is 0 Å². The second-order valence-electron chi connectivity index (χ2n) is 9.40. The summed E-state index contributed by atoms with van der Waals surface area (Å²) >= 11 is 0. The zero-order chi connectivity index (χ0) is 24.3. The fraction of sp³-hybridized carbons (Fsp3) is 0.636. The SMILES string of the molecule is C=C(NCCNC(=C)C1(C)CCN(C(=O)OC(C)(C)C)CC1)c1cn(C)nc1C(F)(F)F. The number of alkyl halides is 3. The number of carbonyl (C=O) groups is 1. The van der Waals surface area contributed by atoms with E-state index in [1.165, 1.54) is 13.2 Å². The van der Waals surface area contributed by atoms with Crippen molar-refractivity contribution in [3.05, 3.63) is 36.3 Å². The van der Waals surface area contributed by atoms with E-state index in [4.69, 9.17) is 4.74 Å². The van der Waals surface area contributed by atoms with Gasteiger partial charge in [0.1, 0.15) is 5.60 Å². The Balaban J connectivity index is 1.80. The van der Waals surface area contributed by atoms with Crippen molar-refractivity contribution < 1.29 is 22.7 Å². The second kappa shape index (κ2) is 9.46. The van der Waals surface area contributed by atoms with Crippen molar-refractivity contribution >= 4 is 11.8 Å². The number of nitrogens with one attached hydrogen (secondary N) is 2. The molecule has 1 aromatic rings. The molecule has 2 heterocycles. The van der Waals surface area contributed by atoms with Gasteiger partial charge in [0.15, 0.2) is 5.69 Å². The summed E-state index contributed by atoms with van der Waals surface area (Å²) in [6.07, 6.45) is -2.08. The van der Waals surface area contributed by atoms with Gasteiger partial charge in [-0.05, 0) is 33.6 Å². The molecule has 180 valence electrons. The number of likely N-dealkylation sites (tertiary alicyclic amines) is 1. The van der Waals surface area contributed by atoms with Crippen molar-refractivity contribution in [1.82, 2.24) is 25.3 Å². The molecule has 0 radical (unpaired) electrons. The number of amides is 1. The summed E-state index contributed by atoms with van der Waals surface area (Å²) in [4.78, 5) is 14.0. The first kappa shape index (κ1) is 25.6. The minimum absolute atomic E-state index is 0.0692. The molecule has 2 N–H and O–H groups in total. The summed E-state index contributed by atoms with van der Waals surface area (Å²) < 4.78 is 45.9. The number of aryl methyl sites for hydroxylation is 1.